The molecule has 0 saturated heterocycles. The van der Waals surface area contributed by atoms with Crippen molar-refractivity contribution >= 4 is 5.91 Å². The number of H-pyrrole nitrogens is 1. The summed E-state index contributed by atoms with van der Waals surface area (Å²) in [5, 5.41) is 6.48. The summed E-state index contributed by atoms with van der Waals surface area (Å²) in [5.74, 6) is -0.275. The Balaban J connectivity index is 2.79. The summed E-state index contributed by atoms with van der Waals surface area (Å²) in [6.45, 7) is 1.94. The van der Waals surface area contributed by atoms with E-state index in [1.54, 1.807) is 0 Å². The van der Waals surface area contributed by atoms with Gasteiger partial charge in [0, 0.05) is 5.69 Å². The first-order valence-corrected chi connectivity index (χ1v) is 3.65. The average molecular weight is 169 g/mol. The number of nitrogens with one attached hydrogen (secondary N) is 2. The Labute approximate surface area is 70.1 Å². The Morgan fingerprint density at radius 2 is 2.58 bits per heavy atom. The van der Waals surface area contributed by atoms with Gasteiger partial charge in [-0.05, 0) is 6.42 Å². The first-order valence-electron chi connectivity index (χ1n) is 3.65. The molecule has 1 aromatic heterocycles. The fraction of sp³-hybridized carbons (Fsp3) is 0.429. The number of hydrogen-bond acceptors (Lipinski definition) is 3. The lowest BCUT2D eigenvalue weighted by molar-refractivity contribution is 0.0537. The van der Waals surface area contributed by atoms with Crippen LogP contribution in [0.3, 0.4) is 0 Å². The number of amides is 1. The zero-order valence-electron chi connectivity index (χ0n) is 7.05. The monoisotopic (exact) mass is 169 g/mol. The van der Waals surface area contributed by atoms with Crippen LogP contribution < -0.4 is 5.48 Å². The van der Waals surface area contributed by atoms with Crippen LogP contribution >= 0.6 is 0 Å². The van der Waals surface area contributed by atoms with E-state index in [4.69, 9.17) is 0 Å². The van der Waals surface area contributed by atoms with Crippen LogP contribution in [0.4, 0.5) is 0 Å². The molecule has 5 heteroatoms. The Bertz CT molecular complexity index is 269. The van der Waals surface area contributed by atoms with E-state index in [1.165, 1.54) is 13.3 Å². The van der Waals surface area contributed by atoms with E-state index in [2.05, 4.69) is 20.5 Å². The SMILES string of the molecule is CCc1[nH]ncc1C(=O)NOC. The number of nitrogens with zero attached hydrogens (tertiary/aromatic N) is 1. The molecule has 1 heterocycles. The molecule has 0 fully saturated rings. The highest BCUT2D eigenvalue weighted by atomic mass is 16.6. The van der Waals surface area contributed by atoms with Crippen molar-refractivity contribution in [1.29, 1.82) is 0 Å². The number of aryl methyl sites for hydroxylation is 1. The summed E-state index contributed by atoms with van der Waals surface area (Å²) in [7, 11) is 1.39. The van der Waals surface area contributed by atoms with Gasteiger partial charge in [-0.3, -0.25) is 14.7 Å². The van der Waals surface area contributed by atoms with Gasteiger partial charge in [0.1, 0.15) is 0 Å². The Morgan fingerprint density at radius 1 is 1.83 bits per heavy atom. The molecule has 0 atom stereocenters. The molecule has 0 unspecified atom stereocenters. The summed E-state index contributed by atoms with van der Waals surface area (Å²) in [5.41, 5.74) is 3.56. The maximum atomic E-state index is 11.2. The Kier molecular flexibility index (Phi) is 2.82. The highest BCUT2D eigenvalue weighted by Gasteiger charge is 2.11. The summed E-state index contributed by atoms with van der Waals surface area (Å²) < 4.78 is 0. The molecular weight excluding hydrogens is 158 g/mol. The minimum atomic E-state index is -0.275. The minimum absolute atomic E-state index is 0.275. The van der Waals surface area contributed by atoms with Crippen LogP contribution in [0.1, 0.15) is 23.0 Å². The Morgan fingerprint density at radius 3 is 3.17 bits per heavy atom. The van der Waals surface area contributed by atoms with Crippen molar-refractivity contribution in [3.8, 4) is 0 Å². The zero-order chi connectivity index (χ0) is 8.97. The van der Waals surface area contributed by atoms with Crippen molar-refractivity contribution in [2.75, 3.05) is 7.11 Å². The maximum Gasteiger partial charge on any atom is 0.278 e. The second kappa shape index (κ2) is 3.87. The third kappa shape index (κ3) is 1.62. The van der Waals surface area contributed by atoms with E-state index in [-0.39, 0.29) is 5.91 Å². The quantitative estimate of drug-likeness (QED) is 0.638. The normalized spacial score (nSPS) is 9.83. The van der Waals surface area contributed by atoms with E-state index in [0.717, 1.165) is 12.1 Å². The van der Waals surface area contributed by atoms with Crippen LogP contribution in [-0.4, -0.2) is 23.2 Å². The topological polar surface area (TPSA) is 67.0 Å². The fourth-order valence-corrected chi connectivity index (χ4v) is 0.926. The standard InChI is InChI=1S/C7H11N3O2/c1-3-6-5(4-8-9-6)7(11)10-12-2/h4H,3H2,1-2H3,(H,8,9)(H,10,11). The van der Waals surface area contributed by atoms with Gasteiger partial charge in [0.2, 0.25) is 0 Å². The summed E-state index contributed by atoms with van der Waals surface area (Å²) in [6, 6.07) is 0. The second-order valence-corrected chi connectivity index (χ2v) is 2.25. The van der Waals surface area contributed by atoms with Crippen molar-refractivity contribution in [2.24, 2.45) is 0 Å². The minimum Gasteiger partial charge on any atom is -0.282 e. The molecule has 0 aromatic carbocycles. The van der Waals surface area contributed by atoms with Crippen LogP contribution in [0, 0.1) is 0 Å². The second-order valence-electron chi connectivity index (χ2n) is 2.25. The van der Waals surface area contributed by atoms with Crippen molar-refractivity contribution in [1.82, 2.24) is 15.7 Å². The molecule has 1 rings (SSSR count). The summed E-state index contributed by atoms with van der Waals surface area (Å²) in [4.78, 5) is 15.7. The lowest BCUT2D eigenvalue weighted by Gasteiger charge is -1.99. The van der Waals surface area contributed by atoms with Crippen LogP contribution in [0.15, 0.2) is 6.20 Å². The van der Waals surface area contributed by atoms with Crippen molar-refractivity contribution < 1.29 is 9.63 Å². The predicted molar refractivity (Wildman–Crippen MR) is 42.4 cm³/mol. The number of aromatic amines is 1. The van der Waals surface area contributed by atoms with Crippen LogP contribution in [0.25, 0.3) is 0 Å². The molecule has 2 N–H and O–H groups in total. The molecule has 5 nitrogen and oxygen atoms in total. The fourth-order valence-electron chi connectivity index (χ4n) is 0.926. The molecule has 66 valence electrons. The van der Waals surface area contributed by atoms with Crippen molar-refractivity contribution in [3.63, 3.8) is 0 Å². The van der Waals surface area contributed by atoms with E-state index in [0.29, 0.717) is 5.56 Å². The molecular formula is C7H11N3O2. The molecule has 12 heavy (non-hydrogen) atoms. The number of hydrogen-bond donors (Lipinski definition) is 2. The van der Waals surface area contributed by atoms with Gasteiger partial charge in [0.25, 0.3) is 5.91 Å². The number of hydroxylamine groups is 1. The van der Waals surface area contributed by atoms with Gasteiger partial charge in [-0.25, -0.2) is 5.48 Å². The largest absolute Gasteiger partial charge is 0.282 e. The van der Waals surface area contributed by atoms with Crippen LogP contribution in [-0.2, 0) is 11.3 Å². The molecule has 0 bridgehead atoms. The van der Waals surface area contributed by atoms with Gasteiger partial charge in [-0.2, -0.15) is 5.10 Å². The third-order valence-corrected chi connectivity index (χ3v) is 1.51. The number of rotatable bonds is 3. The average Bonchev–Trinajstić information content (AvgIpc) is 2.51. The van der Waals surface area contributed by atoms with E-state index in [9.17, 15) is 4.79 Å². The number of aromatic nitrogens is 2. The highest BCUT2D eigenvalue weighted by Crippen LogP contribution is 2.04. The molecule has 0 radical (unpaired) electrons. The molecule has 0 aliphatic heterocycles. The first kappa shape index (κ1) is 8.73. The molecule has 1 aromatic rings. The van der Waals surface area contributed by atoms with Crippen LogP contribution in [0.5, 0.6) is 0 Å². The molecule has 0 aliphatic carbocycles. The smallest absolute Gasteiger partial charge is 0.278 e. The van der Waals surface area contributed by atoms with E-state index in [1.807, 2.05) is 6.92 Å². The van der Waals surface area contributed by atoms with Gasteiger partial charge >= 0.3 is 0 Å². The lowest BCUT2D eigenvalue weighted by atomic mass is 10.2. The highest BCUT2D eigenvalue weighted by molar-refractivity contribution is 5.94. The van der Waals surface area contributed by atoms with Gasteiger partial charge in [-0.1, -0.05) is 6.92 Å². The third-order valence-electron chi connectivity index (χ3n) is 1.51. The summed E-state index contributed by atoms with van der Waals surface area (Å²) in [6.07, 6.45) is 2.22. The number of carbonyl (C=O) groups is 1. The Hall–Kier alpha value is -1.36. The van der Waals surface area contributed by atoms with E-state index < -0.39 is 0 Å². The first-order chi connectivity index (χ1) is 5.79. The molecule has 1 amide bonds. The van der Waals surface area contributed by atoms with Crippen molar-refractivity contribution in [3.05, 3.63) is 17.5 Å². The van der Waals surface area contributed by atoms with Gasteiger partial charge in [-0.15, -0.1) is 0 Å². The van der Waals surface area contributed by atoms with Gasteiger partial charge < -0.3 is 0 Å². The van der Waals surface area contributed by atoms with E-state index >= 15 is 0 Å². The lowest BCUT2D eigenvalue weighted by Crippen LogP contribution is -2.22. The predicted octanol–water partition coefficient (Wildman–Crippen LogP) is 0.263. The zero-order valence-corrected chi connectivity index (χ0v) is 7.05. The molecule has 0 spiro atoms. The van der Waals surface area contributed by atoms with Crippen LogP contribution in [0.2, 0.25) is 0 Å². The maximum absolute atomic E-state index is 11.2. The molecule has 0 saturated carbocycles. The van der Waals surface area contributed by atoms with Gasteiger partial charge in [0.05, 0.1) is 18.9 Å². The number of carbonyl (C=O) groups excluding carboxylic acids is 1. The molecule has 0 aliphatic rings. The summed E-state index contributed by atoms with van der Waals surface area (Å²) >= 11 is 0. The van der Waals surface area contributed by atoms with Crippen molar-refractivity contribution in [2.45, 2.75) is 13.3 Å². The van der Waals surface area contributed by atoms with Gasteiger partial charge in [0.15, 0.2) is 0 Å².